The van der Waals surface area contributed by atoms with Crippen LogP contribution >= 0.6 is 23.8 Å². The third-order valence-electron chi connectivity index (χ3n) is 4.28. The Hall–Kier alpha value is -0.840. The molecule has 1 aromatic rings. The zero-order valence-electron chi connectivity index (χ0n) is 11.3. The first-order valence-corrected chi connectivity index (χ1v) is 7.93. The molecule has 1 saturated heterocycles. The van der Waals surface area contributed by atoms with Gasteiger partial charge in [0.05, 0.1) is 29.3 Å². The molecule has 3 rings (SSSR count). The molecular weight excluding hydrogens is 292 g/mol. The number of hydrogen-bond acceptors (Lipinski definition) is 3. The smallest absolute Gasteiger partial charge is 0.107 e. The van der Waals surface area contributed by atoms with Crippen LogP contribution in [0.3, 0.4) is 0 Å². The van der Waals surface area contributed by atoms with Crippen molar-refractivity contribution < 1.29 is 4.74 Å². The van der Waals surface area contributed by atoms with Crippen molar-refractivity contribution in [2.24, 2.45) is 5.73 Å². The Labute approximate surface area is 130 Å². The summed E-state index contributed by atoms with van der Waals surface area (Å²) in [5.41, 5.74) is 7.74. The van der Waals surface area contributed by atoms with Crippen molar-refractivity contribution in [2.75, 3.05) is 18.1 Å². The Morgan fingerprint density at radius 2 is 2.15 bits per heavy atom. The van der Waals surface area contributed by atoms with E-state index in [-0.39, 0.29) is 0 Å². The molecule has 3 nitrogen and oxygen atoms in total. The number of anilines is 1. The molecule has 1 heterocycles. The van der Waals surface area contributed by atoms with E-state index in [1.54, 1.807) is 0 Å². The Morgan fingerprint density at radius 1 is 1.35 bits per heavy atom. The molecule has 1 aromatic carbocycles. The van der Waals surface area contributed by atoms with Crippen molar-refractivity contribution in [2.45, 2.75) is 37.8 Å². The molecule has 0 radical (unpaired) electrons. The van der Waals surface area contributed by atoms with Crippen LogP contribution < -0.4 is 10.6 Å². The zero-order chi connectivity index (χ0) is 14.1. The van der Waals surface area contributed by atoms with Gasteiger partial charge in [0.2, 0.25) is 0 Å². The second-order valence-electron chi connectivity index (χ2n) is 5.45. The van der Waals surface area contributed by atoms with Gasteiger partial charge in [-0.1, -0.05) is 42.7 Å². The van der Waals surface area contributed by atoms with Gasteiger partial charge >= 0.3 is 0 Å². The monoisotopic (exact) mass is 310 g/mol. The molecular formula is C15H19ClN2OS. The van der Waals surface area contributed by atoms with Crippen LogP contribution in [0.4, 0.5) is 5.69 Å². The molecule has 1 aliphatic carbocycles. The summed E-state index contributed by atoms with van der Waals surface area (Å²) in [7, 11) is 0. The van der Waals surface area contributed by atoms with Crippen LogP contribution in [0.15, 0.2) is 18.2 Å². The maximum atomic E-state index is 6.29. The molecule has 20 heavy (non-hydrogen) atoms. The number of nitrogens with zero attached hydrogens (tertiary/aromatic N) is 1. The number of hydrogen-bond donors (Lipinski definition) is 1. The van der Waals surface area contributed by atoms with Crippen LogP contribution in [0.1, 0.15) is 31.2 Å². The molecule has 0 spiro atoms. The molecule has 108 valence electrons. The van der Waals surface area contributed by atoms with Crippen LogP contribution in [-0.4, -0.2) is 30.3 Å². The van der Waals surface area contributed by atoms with E-state index in [9.17, 15) is 0 Å². The summed E-state index contributed by atoms with van der Waals surface area (Å²) >= 11 is 11.5. The number of morpholine rings is 1. The van der Waals surface area contributed by atoms with Crippen molar-refractivity contribution >= 4 is 34.5 Å². The van der Waals surface area contributed by atoms with Gasteiger partial charge in [0.25, 0.3) is 0 Å². The molecule has 0 bridgehead atoms. The SMILES string of the molecule is NC(=S)c1c(Cl)cccc1N1CCOC2CCCCC21. The highest BCUT2D eigenvalue weighted by Crippen LogP contribution is 2.35. The van der Waals surface area contributed by atoms with Gasteiger partial charge in [-0.25, -0.2) is 0 Å². The summed E-state index contributed by atoms with van der Waals surface area (Å²) < 4.78 is 5.93. The van der Waals surface area contributed by atoms with E-state index >= 15 is 0 Å². The van der Waals surface area contributed by atoms with E-state index in [1.807, 2.05) is 12.1 Å². The van der Waals surface area contributed by atoms with Gasteiger partial charge < -0.3 is 15.4 Å². The van der Waals surface area contributed by atoms with Gasteiger partial charge in [0.15, 0.2) is 0 Å². The lowest BCUT2D eigenvalue weighted by atomic mass is 9.89. The largest absolute Gasteiger partial charge is 0.389 e. The fraction of sp³-hybridized carbons (Fsp3) is 0.533. The number of nitrogens with two attached hydrogens (primary N) is 1. The Kier molecular flexibility index (Phi) is 4.15. The minimum atomic E-state index is 0.329. The standard InChI is InChI=1S/C15H19ClN2OS/c16-10-4-3-6-12(14(10)15(17)20)18-8-9-19-13-7-2-1-5-11(13)18/h3-4,6,11,13H,1-2,5,7-9H2,(H2,17,20). The first-order valence-electron chi connectivity index (χ1n) is 7.15. The molecule has 2 aliphatic rings. The van der Waals surface area contributed by atoms with Gasteiger partial charge in [-0.15, -0.1) is 0 Å². The third-order valence-corrected chi connectivity index (χ3v) is 4.80. The van der Waals surface area contributed by atoms with Crippen LogP contribution in [0.25, 0.3) is 0 Å². The second kappa shape index (κ2) is 5.88. The average Bonchev–Trinajstić information content (AvgIpc) is 2.46. The van der Waals surface area contributed by atoms with Gasteiger partial charge in [0, 0.05) is 12.2 Å². The second-order valence-corrected chi connectivity index (χ2v) is 6.30. The fourth-order valence-electron chi connectivity index (χ4n) is 3.39. The van der Waals surface area contributed by atoms with Gasteiger partial charge in [-0.2, -0.15) is 0 Å². The summed E-state index contributed by atoms with van der Waals surface area (Å²) in [6, 6.07) is 6.30. The maximum absolute atomic E-state index is 6.29. The highest BCUT2D eigenvalue weighted by atomic mass is 35.5. The number of benzene rings is 1. The van der Waals surface area contributed by atoms with Gasteiger partial charge in [-0.3, -0.25) is 0 Å². The Morgan fingerprint density at radius 3 is 2.95 bits per heavy atom. The molecule has 2 unspecified atom stereocenters. The lowest BCUT2D eigenvalue weighted by Gasteiger charge is -2.45. The Bertz CT molecular complexity index is 521. The lowest BCUT2D eigenvalue weighted by Crippen LogP contribution is -2.53. The van der Waals surface area contributed by atoms with Crippen molar-refractivity contribution in [1.82, 2.24) is 0 Å². The first kappa shape index (κ1) is 14.1. The zero-order valence-corrected chi connectivity index (χ0v) is 12.9. The van der Waals surface area contributed by atoms with E-state index in [0.717, 1.165) is 37.2 Å². The number of ether oxygens (including phenoxy) is 1. The van der Waals surface area contributed by atoms with Crippen molar-refractivity contribution in [1.29, 1.82) is 0 Å². The topological polar surface area (TPSA) is 38.5 Å². The number of thiocarbonyl (C=S) groups is 1. The van der Waals surface area contributed by atoms with Crippen LogP contribution in [0.5, 0.6) is 0 Å². The maximum Gasteiger partial charge on any atom is 0.107 e. The highest BCUT2D eigenvalue weighted by molar-refractivity contribution is 7.80. The number of rotatable bonds is 2. The molecule has 1 saturated carbocycles. The van der Waals surface area contributed by atoms with Gasteiger partial charge in [-0.05, 0) is 25.0 Å². The van der Waals surface area contributed by atoms with Crippen molar-refractivity contribution in [3.05, 3.63) is 28.8 Å². The van der Waals surface area contributed by atoms with Crippen molar-refractivity contribution in [3.63, 3.8) is 0 Å². The van der Waals surface area contributed by atoms with E-state index < -0.39 is 0 Å². The van der Waals surface area contributed by atoms with Crippen molar-refractivity contribution in [3.8, 4) is 0 Å². The minimum absolute atomic E-state index is 0.329. The molecule has 0 aromatic heterocycles. The van der Waals surface area contributed by atoms with E-state index in [1.165, 1.54) is 12.8 Å². The molecule has 2 fully saturated rings. The summed E-state index contributed by atoms with van der Waals surface area (Å²) in [6.07, 6.45) is 5.14. The van der Waals surface area contributed by atoms with Crippen LogP contribution in [0, 0.1) is 0 Å². The molecule has 2 N–H and O–H groups in total. The normalized spacial score (nSPS) is 26.1. The predicted molar refractivity (Wildman–Crippen MR) is 86.7 cm³/mol. The number of halogens is 1. The van der Waals surface area contributed by atoms with Crippen LogP contribution in [-0.2, 0) is 4.74 Å². The van der Waals surface area contributed by atoms with E-state index in [4.69, 9.17) is 34.3 Å². The summed E-state index contributed by atoms with van der Waals surface area (Å²) in [5, 5.41) is 0.633. The van der Waals surface area contributed by atoms with E-state index in [0.29, 0.717) is 22.2 Å². The Balaban J connectivity index is 1.99. The summed E-state index contributed by atoms with van der Waals surface area (Å²) in [4.78, 5) is 2.76. The lowest BCUT2D eigenvalue weighted by molar-refractivity contribution is -0.00868. The van der Waals surface area contributed by atoms with Gasteiger partial charge in [0.1, 0.15) is 4.99 Å². The highest BCUT2D eigenvalue weighted by Gasteiger charge is 2.35. The number of fused-ring (bicyclic) bond motifs is 1. The molecule has 0 amide bonds. The summed E-state index contributed by atoms with van der Waals surface area (Å²) in [5.74, 6) is 0. The molecule has 5 heteroatoms. The fourth-order valence-corrected chi connectivity index (χ4v) is 3.93. The average molecular weight is 311 g/mol. The quantitative estimate of drug-likeness (QED) is 0.852. The van der Waals surface area contributed by atoms with Crippen LogP contribution in [0.2, 0.25) is 5.02 Å². The minimum Gasteiger partial charge on any atom is -0.389 e. The van der Waals surface area contributed by atoms with E-state index in [2.05, 4.69) is 11.0 Å². The predicted octanol–water partition coefficient (Wildman–Crippen LogP) is 3.12. The first-order chi connectivity index (χ1) is 9.68. The molecule has 2 atom stereocenters. The third kappa shape index (κ3) is 2.52. The molecule has 1 aliphatic heterocycles. The summed E-state index contributed by atoms with van der Waals surface area (Å²) in [6.45, 7) is 1.63.